The predicted molar refractivity (Wildman–Crippen MR) is 50.6 cm³/mol. The molecule has 1 rings (SSSR count). The lowest BCUT2D eigenvalue weighted by Gasteiger charge is -2.04. The first-order valence-corrected chi connectivity index (χ1v) is 3.66. The first kappa shape index (κ1) is 10.8. The average Bonchev–Trinajstić information content (AvgIpc) is 1.96. The Kier molecular flexibility index (Phi) is 3.61. The molecule has 0 spiro atoms. The molecule has 1 aromatic carbocycles. The summed E-state index contributed by atoms with van der Waals surface area (Å²) in [6.07, 6.45) is 0.737. The quantitative estimate of drug-likeness (QED) is 0.633. The third-order valence-corrected chi connectivity index (χ3v) is 1.75. The molecule has 0 atom stereocenters. The standard InChI is InChI=1S/C9H12O2.CH4/c1-3-7-5-8(10)4-6(2)9(7)11;/h4-5,10-11H,3H2,1-2H3;1H4. The van der Waals surface area contributed by atoms with Crippen LogP contribution in [0.4, 0.5) is 0 Å². The van der Waals surface area contributed by atoms with Crippen LogP contribution in [0, 0.1) is 6.92 Å². The molecule has 0 radical (unpaired) electrons. The molecule has 2 nitrogen and oxygen atoms in total. The van der Waals surface area contributed by atoms with Gasteiger partial charge in [0.25, 0.3) is 0 Å². The van der Waals surface area contributed by atoms with Crippen LogP contribution in [0.3, 0.4) is 0 Å². The Bertz CT molecular complexity index is 267. The SMILES string of the molecule is C.CCc1cc(O)cc(C)c1O. The summed E-state index contributed by atoms with van der Waals surface area (Å²) >= 11 is 0. The van der Waals surface area contributed by atoms with Crippen molar-refractivity contribution in [2.24, 2.45) is 0 Å². The minimum absolute atomic E-state index is 0. The van der Waals surface area contributed by atoms with Crippen LogP contribution in [0.15, 0.2) is 12.1 Å². The number of hydrogen-bond donors (Lipinski definition) is 2. The van der Waals surface area contributed by atoms with E-state index in [9.17, 15) is 5.11 Å². The van der Waals surface area contributed by atoms with Gasteiger partial charge in [-0.15, -0.1) is 0 Å². The van der Waals surface area contributed by atoms with Gasteiger partial charge in [0.15, 0.2) is 0 Å². The van der Waals surface area contributed by atoms with E-state index in [1.54, 1.807) is 19.1 Å². The van der Waals surface area contributed by atoms with Gasteiger partial charge in [0.1, 0.15) is 11.5 Å². The number of aryl methyl sites for hydroxylation is 2. The fourth-order valence-electron chi connectivity index (χ4n) is 1.10. The zero-order valence-electron chi connectivity index (χ0n) is 6.76. The molecule has 0 saturated carbocycles. The summed E-state index contributed by atoms with van der Waals surface area (Å²) in [6, 6.07) is 3.14. The van der Waals surface area contributed by atoms with Gasteiger partial charge in [-0.25, -0.2) is 0 Å². The van der Waals surface area contributed by atoms with Crippen LogP contribution in [-0.2, 0) is 6.42 Å². The zero-order valence-corrected chi connectivity index (χ0v) is 6.76. The van der Waals surface area contributed by atoms with E-state index < -0.39 is 0 Å². The van der Waals surface area contributed by atoms with Gasteiger partial charge in [-0.2, -0.15) is 0 Å². The highest BCUT2D eigenvalue weighted by Gasteiger charge is 2.03. The monoisotopic (exact) mass is 168 g/mol. The number of rotatable bonds is 1. The first-order valence-electron chi connectivity index (χ1n) is 3.66. The highest BCUT2D eigenvalue weighted by atomic mass is 16.3. The summed E-state index contributed by atoms with van der Waals surface area (Å²) in [7, 11) is 0. The van der Waals surface area contributed by atoms with Crippen LogP contribution >= 0.6 is 0 Å². The molecular formula is C10H16O2. The fourth-order valence-corrected chi connectivity index (χ4v) is 1.10. The Morgan fingerprint density at radius 3 is 2.33 bits per heavy atom. The van der Waals surface area contributed by atoms with E-state index in [0.29, 0.717) is 5.75 Å². The summed E-state index contributed by atoms with van der Waals surface area (Å²) in [5.41, 5.74) is 1.52. The van der Waals surface area contributed by atoms with E-state index in [4.69, 9.17) is 5.11 Å². The number of aromatic hydroxyl groups is 2. The largest absolute Gasteiger partial charge is 0.508 e. The smallest absolute Gasteiger partial charge is 0.121 e. The molecule has 68 valence electrons. The second-order valence-corrected chi connectivity index (χ2v) is 2.62. The molecule has 0 aliphatic rings. The van der Waals surface area contributed by atoms with Crippen LogP contribution in [-0.4, -0.2) is 10.2 Å². The predicted octanol–water partition coefficient (Wildman–Crippen LogP) is 2.60. The maximum atomic E-state index is 9.41. The van der Waals surface area contributed by atoms with Crippen LogP contribution in [0.25, 0.3) is 0 Å². The number of phenolic OH excluding ortho intramolecular Hbond substituents is 2. The van der Waals surface area contributed by atoms with Crippen molar-refractivity contribution in [2.75, 3.05) is 0 Å². The molecule has 0 saturated heterocycles. The maximum absolute atomic E-state index is 9.41. The van der Waals surface area contributed by atoms with Gasteiger partial charge < -0.3 is 10.2 Å². The highest BCUT2D eigenvalue weighted by molar-refractivity contribution is 5.44. The minimum atomic E-state index is 0. The second-order valence-electron chi connectivity index (χ2n) is 2.62. The third-order valence-electron chi connectivity index (χ3n) is 1.75. The molecule has 2 heteroatoms. The van der Waals surface area contributed by atoms with Crippen LogP contribution in [0.1, 0.15) is 25.5 Å². The molecule has 0 aliphatic heterocycles. The van der Waals surface area contributed by atoms with Crippen molar-refractivity contribution in [2.45, 2.75) is 27.7 Å². The topological polar surface area (TPSA) is 40.5 Å². The zero-order chi connectivity index (χ0) is 8.43. The van der Waals surface area contributed by atoms with Crippen LogP contribution < -0.4 is 0 Å². The highest BCUT2D eigenvalue weighted by Crippen LogP contribution is 2.26. The lowest BCUT2D eigenvalue weighted by molar-refractivity contribution is 0.451. The minimum Gasteiger partial charge on any atom is -0.508 e. The summed E-state index contributed by atoms with van der Waals surface area (Å²) < 4.78 is 0. The molecule has 0 fully saturated rings. The Morgan fingerprint density at radius 1 is 1.25 bits per heavy atom. The molecular weight excluding hydrogens is 152 g/mol. The van der Waals surface area contributed by atoms with E-state index in [0.717, 1.165) is 17.5 Å². The molecule has 0 heterocycles. The lowest BCUT2D eigenvalue weighted by atomic mass is 10.1. The van der Waals surface area contributed by atoms with Crippen LogP contribution in [0.2, 0.25) is 0 Å². The van der Waals surface area contributed by atoms with Gasteiger partial charge in [-0.3, -0.25) is 0 Å². The van der Waals surface area contributed by atoms with Gasteiger partial charge in [0.05, 0.1) is 0 Å². The number of benzene rings is 1. The molecule has 1 aromatic rings. The molecule has 0 bridgehead atoms. The van der Waals surface area contributed by atoms with E-state index in [-0.39, 0.29) is 13.2 Å². The summed E-state index contributed by atoms with van der Waals surface area (Å²) in [5.74, 6) is 0.516. The van der Waals surface area contributed by atoms with Crippen LogP contribution in [0.5, 0.6) is 11.5 Å². The Balaban J connectivity index is 0.00000121. The van der Waals surface area contributed by atoms with Crippen molar-refractivity contribution in [3.05, 3.63) is 23.3 Å². The van der Waals surface area contributed by atoms with Crippen molar-refractivity contribution in [3.8, 4) is 11.5 Å². The molecule has 0 aliphatic carbocycles. The maximum Gasteiger partial charge on any atom is 0.121 e. The van der Waals surface area contributed by atoms with Gasteiger partial charge >= 0.3 is 0 Å². The Labute approximate surface area is 73.5 Å². The van der Waals surface area contributed by atoms with Gasteiger partial charge in [0, 0.05) is 0 Å². The first-order chi connectivity index (χ1) is 5.15. The van der Waals surface area contributed by atoms with E-state index in [2.05, 4.69) is 0 Å². The van der Waals surface area contributed by atoms with E-state index >= 15 is 0 Å². The molecule has 12 heavy (non-hydrogen) atoms. The molecule has 2 N–H and O–H groups in total. The Hall–Kier alpha value is -1.18. The summed E-state index contributed by atoms with van der Waals surface area (Å²) in [4.78, 5) is 0. The normalized spacial score (nSPS) is 9.17. The fraction of sp³-hybridized carbons (Fsp3) is 0.400. The van der Waals surface area contributed by atoms with Crippen molar-refractivity contribution in [1.82, 2.24) is 0 Å². The number of phenols is 2. The second kappa shape index (κ2) is 4.00. The average molecular weight is 168 g/mol. The molecule has 0 amide bonds. The van der Waals surface area contributed by atoms with Crippen molar-refractivity contribution in [1.29, 1.82) is 0 Å². The van der Waals surface area contributed by atoms with E-state index in [1.807, 2.05) is 6.92 Å². The van der Waals surface area contributed by atoms with Crippen molar-refractivity contribution < 1.29 is 10.2 Å². The Morgan fingerprint density at radius 2 is 1.83 bits per heavy atom. The van der Waals surface area contributed by atoms with Crippen molar-refractivity contribution in [3.63, 3.8) is 0 Å². The van der Waals surface area contributed by atoms with Gasteiger partial charge in [0.2, 0.25) is 0 Å². The van der Waals surface area contributed by atoms with Crippen molar-refractivity contribution >= 4 is 0 Å². The summed E-state index contributed by atoms with van der Waals surface area (Å²) in [6.45, 7) is 3.71. The summed E-state index contributed by atoms with van der Waals surface area (Å²) in [5, 5.41) is 18.5. The van der Waals surface area contributed by atoms with E-state index in [1.165, 1.54) is 0 Å². The lowest BCUT2D eigenvalue weighted by Crippen LogP contribution is -1.84. The molecule has 0 aromatic heterocycles. The van der Waals surface area contributed by atoms with Gasteiger partial charge in [-0.1, -0.05) is 14.4 Å². The molecule has 0 unspecified atom stereocenters. The number of hydrogen-bond acceptors (Lipinski definition) is 2. The van der Waals surface area contributed by atoms with Gasteiger partial charge in [-0.05, 0) is 36.6 Å². The third kappa shape index (κ3) is 1.91.